The van der Waals surface area contributed by atoms with Crippen molar-refractivity contribution in [3.8, 4) is 16.9 Å². The van der Waals surface area contributed by atoms with Gasteiger partial charge in [0.05, 0.1) is 0 Å². The van der Waals surface area contributed by atoms with E-state index in [2.05, 4.69) is 15.1 Å². The predicted octanol–water partition coefficient (Wildman–Crippen LogP) is 3.55. The standard InChI is InChI=1S/C18H18FN3O/c1-22(12-17-8-9-20-21-17)11-15-10-14(4-7-18(15)23)13-2-5-16(19)6-3-13/h2-10,23H,11-12H2,1H3,(H,20,21). The fourth-order valence-corrected chi connectivity index (χ4v) is 2.54. The van der Waals surface area contributed by atoms with Crippen LogP contribution < -0.4 is 0 Å². The number of phenols is 1. The topological polar surface area (TPSA) is 52.2 Å². The highest BCUT2D eigenvalue weighted by atomic mass is 19.1. The van der Waals surface area contributed by atoms with Gasteiger partial charge >= 0.3 is 0 Å². The van der Waals surface area contributed by atoms with Crippen LogP contribution in [0.2, 0.25) is 0 Å². The highest BCUT2D eigenvalue weighted by Crippen LogP contribution is 2.27. The third-order valence-electron chi connectivity index (χ3n) is 3.70. The molecule has 0 unspecified atom stereocenters. The molecule has 118 valence electrons. The van der Waals surface area contributed by atoms with Crippen molar-refractivity contribution in [2.75, 3.05) is 7.05 Å². The van der Waals surface area contributed by atoms with Crippen molar-refractivity contribution in [2.24, 2.45) is 0 Å². The number of aromatic nitrogens is 2. The fraction of sp³-hybridized carbons (Fsp3) is 0.167. The van der Waals surface area contributed by atoms with Gasteiger partial charge in [0.25, 0.3) is 0 Å². The summed E-state index contributed by atoms with van der Waals surface area (Å²) in [5.74, 6) is -0.000588. The summed E-state index contributed by atoms with van der Waals surface area (Å²) < 4.78 is 13.0. The zero-order valence-electron chi connectivity index (χ0n) is 12.8. The lowest BCUT2D eigenvalue weighted by Crippen LogP contribution is -2.17. The van der Waals surface area contributed by atoms with Crippen LogP contribution in [0, 0.1) is 5.82 Å². The first-order valence-electron chi connectivity index (χ1n) is 7.36. The Morgan fingerprint density at radius 3 is 2.48 bits per heavy atom. The molecule has 0 amide bonds. The van der Waals surface area contributed by atoms with Crippen LogP contribution in [0.5, 0.6) is 5.75 Å². The number of aromatic hydroxyl groups is 1. The van der Waals surface area contributed by atoms with Crippen molar-refractivity contribution < 1.29 is 9.50 Å². The second kappa shape index (κ2) is 6.62. The smallest absolute Gasteiger partial charge is 0.123 e. The van der Waals surface area contributed by atoms with E-state index in [1.807, 2.05) is 25.2 Å². The minimum Gasteiger partial charge on any atom is -0.508 e. The van der Waals surface area contributed by atoms with Gasteiger partial charge in [-0.05, 0) is 48.5 Å². The lowest BCUT2D eigenvalue weighted by atomic mass is 10.0. The van der Waals surface area contributed by atoms with Crippen LogP contribution in [0.1, 0.15) is 11.3 Å². The molecule has 3 rings (SSSR count). The molecule has 0 atom stereocenters. The minimum atomic E-state index is -0.257. The van der Waals surface area contributed by atoms with E-state index < -0.39 is 0 Å². The van der Waals surface area contributed by atoms with E-state index >= 15 is 0 Å². The molecule has 0 aliphatic carbocycles. The summed E-state index contributed by atoms with van der Waals surface area (Å²) in [6, 6.07) is 13.7. The summed E-state index contributed by atoms with van der Waals surface area (Å²) in [5, 5.41) is 16.9. The molecule has 3 aromatic rings. The zero-order valence-corrected chi connectivity index (χ0v) is 12.8. The van der Waals surface area contributed by atoms with Gasteiger partial charge in [-0.15, -0.1) is 0 Å². The largest absolute Gasteiger partial charge is 0.508 e. The molecule has 0 bridgehead atoms. The van der Waals surface area contributed by atoms with Crippen LogP contribution in [-0.2, 0) is 13.1 Å². The van der Waals surface area contributed by atoms with Crippen molar-refractivity contribution in [1.82, 2.24) is 15.1 Å². The molecule has 0 spiro atoms. The van der Waals surface area contributed by atoms with Gasteiger partial charge in [-0.1, -0.05) is 18.2 Å². The Kier molecular flexibility index (Phi) is 4.39. The number of nitrogens with zero attached hydrogens (tertiary/aromatic N) is 2. The Bertz CT molecular complexity index is 769. The Morgan fingerprint density at radius 1 is 1.04 bits per heavy atom. The average Bonchev–Trinajstić information content (AvgIpc) is 3.03. The highest BCUT2D eigenvalue weighted by molar-refractivity contribution is 5.65. The predicted molar refractivity (Wildman–Crippen MR) is 87.3 cm³/mol. The molecule has 2 N–H and O–H groups in total. The normalized spacial score (nSPS) is 11.1. The number of phenolic OH excluding ortho intramolecular Hbond substituents is 1. The second-order valence-electron chi connectivity index (χ2n) is 5.60. The third kappa shape index (κ3) is 3.76. The molecule has 2 aromatic carbocycles. The summed E-state index contributed by atoms with van der Waals surface area (Å²) >= 11 is 0. The Balaban J connectivity index is 1.78. The lowest BCUT2D eigenvalue weighted by molar-refractivity contribution is 0.309. The van der Waals surface area contributed by atoms with E-state index in [0.29, 0.717) is 13.1 Å². The maximum absolute atomic E-state index is 13.0. The number of rotatable bonds is 5. The summed E-state index contributed by atoms with van der Waals surface area (Å²) in [4.78, 5) is 2.08. The molecule has 1 aromatic heterocycles. The van der Waals surface area contributed by atoms with Crippen molar-refractivity contribution in [3.63, 3.8) is 0 Å². The fourth-order valence-electron chi connectivity index (χ4n) is 2.54. The van der Waals surface area contributed by atoms with Gasteiger partial charge < -0.3 is 5.11 Å². The molecule has 23 heavy (non-hydrogen) atoms. The van der Waals surface area contributed by atoms with Crippen molar-refractivity contribution in [2.45, 2.75) is 13.1 Å². The maximum Gasteiger partial charge on any atom is 0.123 e. The first-order chi connectivity index (χ1) is 11.1. The van der Waals surface area contributed by atoms with E-state index in [1.54, 1.807) is 24.4 Å². The van der Waals surface area contributed by atoms with Crippen LogP contribution in [0.3, 0.4) is 0 Å². The van der Waals surface area contributed by atoms with Gasteiger partial charge in [-0.3, -0.25) is 10.00 Å². The molecular formula is C18H18FN3O. The number of H-pyrrole nitrogens is 1. The second-order valence-corrected chi connectivity index (χ2v) is 5.60. The number of hydrogen-bond acceptors (Lipinski definition) is 3. The average molecular weight is 311 g/mol. The molecule has 5 heteroatoms. The molecule has 1 heterocycles. The van der Waals surface area contributed by atoms with Crippen molar-refractivity contribution >= 4 is 0 Å². The van der Waals surface area contributed by atoms with Crippen molar-refractivity contribution in [3.05, 3.63) is 71.8 Å². The van der Waals surface area contributed by atoms with Crippen LogP contribution in [0.4, 0.5) is 4.39 Å². The monoisotopic (exact) mass is 311 g/mol. The first kappa shape index (κ1) is 15.2. The lowest BCUT2D eigenvalue weighted by Gasteiger charge is -2.17. The van der Waals surface area contributed by atoms with Crippen LogP contribution in [0.25, 0.3) is 11.1 Å². The quantitative estimate of drug-likeness (QED) is 0.757. The first-order valence-corrected chi connectivity index (χ1v) is 7.36. The van der Waals surface area contributed by atoms with Gasteiger partial charge in [0.15, 0.2) is 0 Å². The zero-order chi connectivity index (χ0) is 16.2. The molecule has 0 fully saturated rings. The molecule has 0 radical (unpaired) electrons. The maximum atomic E-state index is 13.0. The Hall–Kier alpha value is -2.66. The van der Waals surface area contributed by atoms with Gasteiger partial charge in [-0.25, -0.2) is 4.39 Å². The van der Waals surface area contributed by atoms with E-state index in [4.69, 9.17) is 0 Å². The summed E-state index contributed by atoms with van der Waals surface area (Å²) in [7, 11) is 1.98. The summed E-state index contributed by atoms with van der Waals surface area (Å²) in [6.45, 7) is 1.31. The van der Waals surface area contributed by atoms with Gasteiger partial charge in [-0.2, -0.15) is 5.10 Å². The third-order valence-corrected chi connectivity index (χ3v) is 3.70. The van der Waals surface area contributed by atoms with Gasteiger partial charge in [0.1, 0.15) is 11.6 Å². The molecule has 0 saturated heterocycles. The minimum absolute atomic E-state index is 0.257. The van der Waals surface area contributed by atoms with E-state index in [0.717, 1.165) is 22.4 Å². The van der Waals surface area contributed by atoms with Gasteiger partial charge in [0.2, 0.25) is 0 Å². The van der Waals surface area contributed by atoms with E-state index in [-0.39, 0.29) is 11.6 Å². The van der Waals surface area contributed by atoms with Gasteiger partial charge in [0, 0.05) is 30.5 Å². The van der Waals surface area contributed by atoms with Crippen LogP contribution >= 0.6 is 0 Å². The number of benzene rings is 2. The van der Waals surface area contributed by atoms with Crippen LogP contribution in [0.15, 0.2) is 54.7 Å². The summed E-state index contributed by atoms with van der Waals surface area (Å²) in [6.07, 6.45) is 1.72. The molecule has 0 aliphatic rings. The van der Waals surface area contributed by atoms with E-state index in [1.165, 1.54) is 12.1 Å². The number of aromatic amines is 1. The highest BCUT2D eigenvalue weighted by Gasteiger charge is 2.09. The molecule has 4 nitrogen and oxygen atoms in total. The summed E-state index contributed by atoms with van der Waals surface area (Å²) in [5.41, 5.74) is 3.71. The molecule has 0 saturated carbocycles. The number of nitrogens with one attached hydrogen (secondary N) is 1. The molecular weight excluding hydrogens is 293 g/mol. The van der Waals surface area contributed by atoms with Crippen LogP contribution in [-0.4, -0.2) is 27.3 Å². The molecule has 0 aliphatic heterocycles. The number of halogens is 1. The Morgan fingerprint density at radius 2 is 1.78 bits per heavy atom. The SMILES string of the molecule is CN(Cc1ccn[nH]1)Cc1cc(-c2ccc(F)cc2)ccc1O. The van der Waals surface area contributed by atoms with Crippen molar-refractivity contribution in [1.29, 1.82) is 0 Å². The Labute approximate surface area is 134 Å². The van der Waals surface area contributed by atoms with E-state index in [9.17, 15) is 9.50 Å². The number of hydrogen-bond donors (Lipinski definition) is 2.